The van der Waals surface area contributed by atoms with Gasteiger partial charge in [-0.05, 0) is 18.8 Å². The van der Waals surface area contributed by atoms with E-state index in [2.05, 4.69) is 42.8 Å². The van der Waals surface area contributed by atoms with Crippen molar-refractivity contribution in [2.45, 2.75) is 40.5 Å². The van der Waals surface area contributed by atoms with E-state index in [0.29, 0.717) is 32.5 Å². The van der Waals surface area contributed by atoms with E-state index in [1.165, 1.54) is 10.5 Å². The van der Waals surface area contributed by atoms with Crippen molar-refractivity contribution in [2.24, 2.45) is 17.1 Å². The average Bonchev–Trinajstić information content (AvgIpc) is 2.81. The Labute approximate surface area is 164 Å². The summed E-state index contributed by atoms with van der Waals surface area (Å²) in [6.45, 7) is 14.5. The SMILES string of the molecule is C/C(=C\C(C)(C)C)CC1CC(=O)N(CCNCCNCCNCCN)C1=O. The highest BCUT2D eigenvalue weighted by atomic mass is 16.2. The van der Waals surface area contributed by atoms with Crippen molar-refractivity contribution in [2.75, 3.05) is 52.4 Å². The molecule has 1 atom stereocenters. The lowest BCUT2D eigenvalue weighted by molar-refractivity contribution is -0.139. The molecule has 0 aliphatic carbocycles. The second-order valence-electron chi connectivity index (χ2n) is 8.38. The van der Waals surface area contributed by atoms with Crippen LogP contribution in [0.2, 0.25) is 0 Å². The summed E-state index contributed by atoms with van der Waals surface area (Å²) in [5.41, 5.74) is 6.68. The summed E-state index contributed by atoms with van der Waals surface area (Å²) in [6, 6.07) is 0. The lowest BCUT2D eigenvalue weighted by Gasteiger charge is -2.17. The highest BCUT2D eigenvalue weighted by Crippen LogP contribution is 2.27. The fourth-order valence-electron chi connectivity index (χ4n) is 3.35. The van der Waals surface area contributed by atoms with Gasteiger partial charge in [0.1, 0.15) is 0 Å². The molecule has 0 bridgehead atoms. The van der Waals surface area contributed by atoms with Gasteiger partial charge in [0.15, 0.2) is 0 Å². The molecule has 0 saturated carbocycles. The standard InChI is InChI=1S/C20H39N5O2/c1-16(15-20(2,3)4)13-17-14-18(26)25(19(17)27)12-11-24-10-9-23-8-7-22-6-5-21/h15,17,22-24H,5-14,21H2,1-4H3/b16-15+. The minimum absolute atomic E-state index is 0.0208. The molecule has 5 N–H and O–H groups in total. The molecule has 0 aromatic rings. The fraction of sp³-hybridized carbons (Fsp3) is 0.800. The number of nitrogens with two attached hydrogens (primary N) is 1. The molecule has 27 heavy (non-hydrogen) atoms. The second kappa shape index (κ2) is 12.2. The number of nitrogens with one attached hydrogen (secondary N) is 3. The molecule has 1 heterocycles. The van der Waals surface area contributed by atoms with Crippen molar-refractivity contribution < 1.29 is 9.59 Å². The molecule has 1 rings (SSSR count). The monoisotopic (exact) mass is 381 g/mol. The first-order valence-corrected chi connectivity index (χ1v) is 10.1. The van der Waals surface area contributed by atoms with Crippen molar-refractivity contribution in [3.05, 3.63) is 11.6 Å². The molecule has 1 fully saturated rings. The van der Waals surface area contributed by atoms with Gasteiger partial charge in [-0.3, -0.25) is 14.5 Å². The predicted molar refractivity (Wildman–Crippen MR) is 110 cm³/mol. The van der Waals surface area contributed by atoms with Gasteiger partial charge in [-0.1, -0.05) is 32.4 Å². The Balaban J connectivity index is 2.22. The maximum atomic E-state index is 12.5. The summed E-state index contributed by atoms with van der Waals surface area (Å²) in [5.74, 6) is -0.259. The summed E-state index contributed by atoms with van der Waals surface area (Å²) < 4.78 is 0. The number of allylic oxidation sites excluding steroid dienone is 2. The molecule has 1 unspecified atom stereocenters. The molecule has 1 aliphatic rings. The zero-order chi connectivity index (χ0) is 20.3. The second-order valence-corrected chi connectivity index (χ2v) is 8.38. The van der Waals surface area contributed by atoms with Crippen LogP contribution in [0.15, 0.2) is 11.6 Å². The first-order chi connectivity index (χ1) is 12.7. The number of carbonyl (C=O) groups is 2. The van der Waals surface area contributed by atoms with Crippen molar-refractivity contribution >= 4 is 11.8 Å². The lowest BCUT2D eigenvalue weighted by atomic mass is 9.90. The Kier molecular flexibility index (Phi) is 10.8. The molecule has 156 valence electrons. The van der Waals surface area contributed by atoms with E-state index in [1.54, 1.807) is 0 Å². The molecule has 2 amide bonds. The fourth-order valence-corrected chi connectivity index (χ4v) is 3.35. The Morgan fingerprint density at radius 1 is 1.07 bits per heavy atom. The number of hydrogen-bond donors (Lipinski definition) is 4. The van der Waals surface area contributed by atoms with E-state index in [9.17, 15) is 9.59 Å². The minimum atomic E-state index is -0.196. The van der Waals surface area contributed by atoms with Gasteiger partial charge in [-0.25, -0.2) is 0 Å². The van der Waals surface area contributed by atoms with E-state index in [4.69, 9.17) is 5.73 Å². The van der Waals surface area contributed by atoms with Crippen molar-refractivity contribution in [3.63, 3.8) is 0 Å². The molecule has 0 spiro atoms. The zero-order valence-corrected chi connectivity index (χ0v) is 17.6. The maximum Gasteiger partial charge on any atom is 0.233 e. The normalized spacial score (nSPS) is 18.6. The molecule has 1 saturated heterocycles. The molecule has 0 aromatic heterocycles. The number of rotatable bonds is 13. The van der Waals surface area contributed by atoms with Crippen LogP contribution in [0.3, 0.4) is 0 Å². The summed E-state index contributed by atoms with van der Waals surface area (Å²) in [7, 11) is 0. The van der Waals surface area contributed by atoms with E-state index in [1.807, 2.05) is 6.92 Å². The summed E-state index contributed by atoms with van der Waals surface area (Å²) >= 11 is 0. The van der Waals surface area contributed by atoms with Crippen LogP contribution in [0, 0.1) is 11.3 Å². The number of imide groups is 1. The van der Waals surface area contributed by atoms with Crippen LogP contribution in [0.5, 0.6) is 0 Å². The Hall–Kier alpha value is -1.28. The number of nitrogens with zero attached hydrogens (tertiary/aromatic N) is 1. The zero-order valence-electron chi connectivity index (χ0n) is 17.6. The number of hydrogen-bond acceptors (Lipinski definition) is 6. The third-order valence-electron chi connectivity index (χ3n) is 4.38. The Bertz CT molecular complexity index is 499. The van der Waals surface area contributed by atoms with Crippen molar-refractivity contribution in [3.8, 4) is 0 Å². The third kappa shape index (κ3) is 10.0. The molecule has 7 nitrogen and oxygen atoms in total. The summed E-state index contributed by atoms with van der Waals surface area (Å²) in [6.07, 6.45) is 3.20. The van der Waals surface area contributed by atoms with Crippen molar-refractivity contribution in [1.29, 1.82) is 0 Å². The molecule has 7 heteroatoms. The third-order valence-corrected chi connectivity index (χ3v) is 4.38. The molecular formula is C20H39N5O2. The molecule has 0 radical (unpaired) electrons. The first-order valence-electron chi connectivity index (χ1n) is 10.1. The van der Waals surface area contributed by atoms with E-state index < -0.39 is 0 Å². The van der Waals surface area contributed by atoms with Gasteiger partial charge in [0, 0.05) is 58.8 Å². The largest absolute Gasteiger partial charge is 0.329 e. The summed E-state index contributed by atoms with van der Waals surface area (Å²) in [5, 5.41) is 9.82. The van der Waals surface area contributed by atoms with E-state index >= 15 is 0 Å². The maximum absolute atomic E-state index is 12.5. The highest BCUT2D eigenvalue weighted by molar-refractivity contribution is 6.03. The predicted octanol–water partition coefficient (Wildman–Crippen LogP) is 0.472. The molecule has 0 aromatic carbocycles. The van der Waals surface area contributed by atoms with Crippen LogP contribution in [-0.4, -0.2) is 69.1 Å². The van der Waals surface area contributed by atoms with E-state index in [-0.39, 0.29) is 23.1 Å². The summed E-state index contributed by atoms with van der Waals surface area (Å²) in [4.78, 5) is 26.1. The Morgan fingerprint density at radius 3 is 2.19 bits per heavy atom. The highest BCUT2D eigenvalue weighted by Gasteiger charge is 2.37. The number of carbonyl (C=O) groups excluding carboxylic acids is 2. The van der Waals surface area contributed by atoms with Gasteiger partial charge >= 0.3 is 0 Å². The average molecular weight is 382 g/mol. The molecule has 1 aliphatic heterocycles. The first kappa shape index (κ1) is 23.8. The van der Waals surface area contributed by atoms with Gasteiger partial charge in [0.2, 0.25) is 11.8 Å². The van der Waals surface area contributed by atoms with Gasteiger partial charge in [-0.2, -0.15) is 0 Å². The van der Waals surface area contributed by atoms with Crippen LogP contribution in [0.1, 0.15) is 40.5 Å². The van der Waals surface area contributed by atoms with Crippen LogP contribution in [0.4, 0.5) is 0 Å². The van der Waals surface area contributed by atoms with Crippen LogP contribution in [0.25, 0.3) is 0 Å². The number of amides is 2. The number of likely N-dealkylation sites (tertiary alicyclic amines) is 1. The minimum Gasteiger partial charge on any atom is -0.329 e. The Morgan fingerprint density at radius 2 is 1.63 bits per heavy atom. The quantitative estimate of drug-likeness (QED) is 0.210. The van der Waals surface area contributed by atoms with Crippen molar-refractivity contribution in [1.82, 2.24) is 20.9 Å². The van der Waals surface area contributed by atoms with Gasteiger partial charge in [-0.15, -0.1) is 0 Å². The topological polar surface area (TPSA) is 99.5 Å². The van der Waals surface area contributed by atoms with Crippen LogP contribution >= 0.6 is 0 Å². The van der Waals surface area contributed by atoms with Gasteiger partial charge in [0.25, 0.3) is 0 Å². The van der Waals surface area contributed by atoms with Crippen LogP contribution in [-0.2, 0) is 9.59 Å². The smallest absolute Gasteiger partial charge is 0.233 e. The van der Waals surface area contributed by atoms with E-state index in [0.717, 1.165) is 32.7 Å². The lowest BCUT2D eigenvalue weighted by Crippen LogP contribution is -2.39. The van der Waals surface area contributed by atoms with Crippen LogP contribution < -0.4 is 21.7 Å². The van der Waals surface area contributed by atoms with Gasteiger partial charge < -0.3 is 21.7 Å². The van der Waals surface area contributed by atoms with Gasteiger partial charge in [0.05, 0.1) is 5.92 Å². The molecular weight excluding hydrogens is 342 g/mol.